The second-order valence-corrected chi connectivity index (χ2v) is 2.75. The van der Waals surface area contributed by atoms with E-state index in [4.69, 9.17) is 23.2 Å². The summed E-state index contributed by atoms with van der Waals surface area (Å²) in [5.74, 6) is -0.0644. The van der Waals surface area contributed by atoms with Crippen LogP contribution in [0.5, 0.6) is 0 Å². The Balaban J connectivity index is 2.66. The molecule has 9 heteroatoms. The second kappa shape index (κ2) is 2.86. The summed E-state index contributed by atoms with van der Waals surface area (Å²) in [7, 11) is 0. The van der Waals surface area contributed by atoms with E-state index >= 15 is 0 Å². The first kappa shape index (κ1) is 8.27. The van der Waals surface area contributed by atoms with Gasteiger partial charge in [0.05, 0.1) is 0 Å². The number of tetrazole rings is 1. The number of rotatable bonds is 1. The summed E-state index contributed by atoms with van der Waals surface area (Å²) in [6.07, 6.45) is 0. The molecule has 0 spiro atoms. The first-order chi connectivity index (χ1) is 6.20. The van der Waals surface area contributed by atoms with Crippen LogP contribution in [0.2, 0.25) is 10.2 Å². The topological polar surface area (TPSA) is 89.6 Å². The third kappa shape index (κ3) is 1.21. The van der Waals surface area contributed by atoms with Crippen LogP contribution < -0.4 is 5.69 Å². The Hall–Kier alpha value is -1.34. The van der Waals surface area contributed by atoms with Crippen molar-refractivity contribution in [3.63, 3.8) is 0 Å². The fourth-order valence-corrected chi connectivity index (χ4v) is 0.978. The van der Waals surface area contributed by atoms with Gasteiger partial charge in [-0.2, -0.15) is 0 Å². The number of hydrogen-bond donors (Lipinski definition) is 1. The molecule has 0 radical (unpaired) electrons. The average Bonchev–Trinajstić information content (AvgIpc) is 2.62. The zero-order valence-electron chi connectivity index (χ0n) is 5.86. The molecule has 0 atom stereocenters. The van der Waals surface area contributed by atoms with Crippen LogP contribution in [0.25, 0.3) is 5.88 Å². The van der Waals surface area contributed by atoms with E-state index in [9.17, 15) is 4.79 Å². The molecule has 0 aliphatic rings. The Morgan fingerprint density at radius 2 is 2.23 bits per heavy atom. The maximum Gasteiger partial charge on any atom is 0.368 e. The Bertz CT molecular complexity index is 485. The van der Waals surface area contributed by atoms with Crippen molar-refractivity contribution in [3.05, 3.63) is 20.7 Å². The molecule has 0 aliphatic heterocycles. The smallest absolute Gasteiger partial charge is 0.333 e. The van der Waals surface area contributed by atoms with Crippen LogP contribution in [0.4, 0.5) is 0 Å². The summed E-state index contributed by atoms with van der Waals surface area (Å²) in [6, 6.07) is 0. The van der Waals surface area contributed by atoms with Crippen LogP contribution in [0.3, 0.4) is 0 Å². The number of nitrogens with one attached hydrogen (secondary N) is 1. The lowest BCUT2D eigenvalue weighted by Gasteiger charge is -1.88. The maximum absolute atomic E-state index is 11.0. The highest BCUT2D eigenvalue weighted by Crippen LogP contribution is 2.26. The van der Waals surface area contributed by atoms with Gasteiger partial charge in [-0.05, 0) is 10.4 Å². The quantitative estimate of drug-likeness (QED) is 0.746. The molecule has 2 heterocycles. The van der Waals surface area contributed by atoms with Gasteiger partial charge >= 0.3 is 5.69 Å². The van der Waals surface area contributed by atoms with Gasteiger partial charge in [0.1, 0.15) is 5.02 Å². The predicted octanol–water partition coefficient (Wildman–Crippen LogP) is 0.250. The summed E-state index contributed by atoms with van der Waals surface area (Å²) in [6.45, 7) is 0. The van der Waals surface area contributed by atoms with E-state index in [1.165, 1.54) is 0 Å². The molecule has 2 aromatic rings. The average molecular weight is 222 g/mol. The summed E-state index contributed by atoms with van der Waals surface area (Å²) in [5.41, 5.74) is -0.588. The van der Waals surface area contributed by atoms with E-state index in [1.54, 1.807) is 0 Å². The SMILES string of the molecule is O=c1[nH]nnn1-c1onc(Cl)c1Cl. The number of aromatic amines is 1. The summed E-state index contributed by atoms with van der Waals surface area (Å²) >= 11 is 11.1. The van der Waals surface area contributed by atoms with Gasteiger partial charge in [0.25, 0.3) is 5.88 Å². The van der Waals surface area contributed by atoms with Crippen LogP contribution in [-0.2, 0) is 0 Å². The molecule has 7 nitrogen and oxygen atoms in total. The molecule has 2 rings (SSSR count). The van der Waals surface area contributed by atoms with E-state index < -0.39 is 5.69 Å². The molecule has 0 bridgehead atoms. The Morgan fingerprint density at radius 1 is 1.46 bits per heavy atom. The van der Waals surface area contributed by atoms with Gasteiger partial charge in [0.2, 0.25) is 0 Å². The Morgan fingerprint density at radius 3 is 2.69 bits per heavy atom. The molecule has 0 aromatic carbocycles. The molecule has 0 saturated carbocycles. The van der Waals surface area contributed by atoms with E-state index in [0.717, 1.165) is 4.68 Å². The Kier molecular flexibility index (Phi) is 1.82. The molecule has 0 saturated heterocycles. The molecular formula is C4HCl2N5O2. The minimum absolute atomic E-state index is 0.0117. The van der Waals surface area contributed by atoms with Crippen molar-refractivity contribution in [2.75, 3.05) is 0 Å². The van der Waals surface area contributed by atoms with Crippen LogP contribution in [0, 0.1) is 0 Å². The first-order valence-electron chi connectivity index (χ1n) is 3.01. The summed E-state index contributed by atoms with van der Waals surface area (Å²) in [5, 5.41) is 12.0. The molecule has 0 aliphatic carbocycles. The molecule has 2 aromatic heterocycles. The normalized spacial score (nSPS) is 10.6. The number of hydrogen-bond acceptors (Lipinski definition) is 5. The highest BCUT2D eigenvalue weighted by atomic mass is 35.5. The van der Waals surface area contributed by atoms with Gasteiger partial charge in [0, 0.05) is 0 Å². The largest absolute Gasteiger partial charge is 0.368 e. The third-order valence-electron chi connectivity index (χ3n) is 1.25. The second-order valence-electron chi connectivity index (χ2n) is 2.01. The van der Waals surface area contributed by atoms with Gasteiger partial charge in [-0.1, -0.05) is 28.4 Å². The van der Waals surface area contributed by atoms with Crippen LogP contribution >= 0.6 is 23.2 Å². The lowest BCUT2D eigenvalue weighted by molar-refractivity contribution is 0.394. The predicted molar refractivity (Wildman–Crippen MR) is 42.1 cm³/mol. The first-order valence-corrected chi connectivity index (χ1v) is 3.77. The van der Waals surface area contributed by atoms with Crippen LogP contribution in [0.1, 0.15) is 0 Å². The van der Waals surface area contributed by atoms with Gasteiger partial charge in [0.15, 0.2) is 5.15 Å². The van der Waals surface area contributed by atoms with E-state index in [-0.39, 0.29) is 16.1 Å². The molecule has 1 N–H and O–H groups in total. The lowest BCUT2D eigenvalue weighted by atomic mass is 10.6. The minimum Gasteiger partial charge on any atom is -0.333 e. The maximum atomic E-state index is 11.0. The van der Waals surface area contributed by atoms with Crippen molar-refractivity contribution in [2.24, 2.45) is 0 Å². The third-order valence-corrected chi connectivity index (χ3v) is 1.94. The fraction of sp³-hybridized carbons (Fsp3) is 0. The number of nitrogens with zero attached hydrogens (tertiary/aromatic N) is 4. The number of halogens is 2. The summed E-state index contributed by atoms with van der Waals surface area (Å²) in [4.78, 5) is 11.0. The van der Waals surface area contributed by atoms with Gasteiger partial charge in [-0.25, -0.2) is 9.89 Å². The molecule has 13 heavy (non-hydrogen) atoms. The van der Waals surface area contributed by atoms with Gasteiger partial charge in [-0.3, -0.25) is 0 Å². The minimum atomic E-state index is -0.588. The van der Waals surface area contributed by atoms with Crippen molar-refractivity contribution in [1.82, 2.24) is 25.4 Å². The molecule has 68 valence electrons. The van der Waals surface area contributed by atoms with E-state index in [2.05, 4.69) is 25.2 Å². The lowest BCUT2D eigenvalue weighted by Crippen LogP contribution is -2.15. The molecule has 0 unspecified atom stereocenters. The zero-order chi connectivity index (χ0) is 9.42. The van der Waals surface area contributed by atoms with E-state index in [0.29, 0.717) is 0 Å². The Labute approximate surface area is 80.2 Å². The zero-order valence-corrected chi connectivity index (χ0v) is 7.37. The van der Waals surface area contributed by atoms with Crippen LogP contribution in [-0.4, -0.2) is 25.4 Å². The fourth-order valence-electron chi connectivity index (χ4n) is 0.714. The van der Waals surface area contributed by atoms with Crippen molar-refractivity contribution in [1.29, 1.82) is 0 Å². The van der Waals surface area contributed by atoms with Crippen molar-refractivity contribution < 1.29 is 4.52 Å². The number of aromatic nitrogens is 5. The molecule has 0 fully saturated rings. The highest BCUT2D eigenvalue weighted by molar-refractivity contribution is 6.42. The van der Waals surface area contributed by atoms with Gasteiger partial charge < -0.3 is 4.52 Å². The highest BCUT2D eigenvalue weighted by Gasteiger charge is 2.16. The monoisotopic (exact) mass is 221 g/mol. The van der Waals surface area contributed by atoms with Gasteiger partial charge in [-0.15, -0.1) is 4.68 Å². The number of H-pyrrole nitrogens is 1. The van der Waals surface area contributed by atoms with Crippen molar-refractivity contribution in [2.45, 2.75) is 0 Å². The van der Waals surface area contributed by atoms with Crippen LogP contribution in [0.15, 0.2) is 9.32 Å². The summed E-state index contributed by atoms with van der Waals surface area (Å²) < 4.78 is 5.45. The van der Waals surface area contributed by atoms with Crippen molar-refractivity contribution >= 4 is 23.2 Å². The van der Waals surface area contributed by atoms with Crippen molar-refractivity contribution in [3.8, 4) is 5.88 Å². The standard InChI is InChI=1S/C4HCl2N5O2/c5-1-2(6)8-13-3(1)11-4(12)7-9-10-11/h(H,7,10,12). The molecule has 0 amide bonds. The van der Waals surface area contributed by atoms with E-state index in [1.807, 2.05) is 0 Å². The molecular weight excluding hydrogens is 221 g/mol.